The maximum absolute atomic E-state index is 14.3. The van der Waals surface area contributed by atoms with Gasteiger partial charge in [0.05, 0.1) is 29.2 Å². The fourth-order valence-electron chi connectivity index (χ4n) is 3.25. The number of nitrogens with one attached hydrogen (secondary N) is 1. The highest BCUT2D eigenvalue weighted by Crippen LogP contribution is 2.30. The Kier molecular flexibility index (Phi) is 7.84. The van der Waals surface area contributed by atoms with Gasteiger partial charge in [-0.3, -0.25) is 10.1 Å². The van der Waals surface area contributed by atoms with Crippen molar-refractivity contribution in [3.05, 3.63) is 39.2 Å². The molecule has 0 spiro atoms. The molecule has 29 heavy (non-hydrogen) atoms. The predicted octanol–water partition coefficient (Wildman–Crippen LogP) is 3.04. The quantitative estimate of drug-likeness (QED) is 0.527. The van der Waals surface area contributed by atoms with Crippen molar-refractivity contribution in [1.29, 1.82) is 0 Å². The fourth-order valence-corrected chi connectivity index (χ4v) is 4.53. The van der Waals surface area contributed by atoms with Gasteiger partial charge in [0.1, 0.15) is 5.60 Å². The first kappa shape index (κ1) is 23.4. The third kappa shape index (κ3) is 6.55. The Balaban J connectivity index is 2.13. The third-order valence-corrected chi connectivity index (χ3v) is 5.67. The SMILES string of the molecule is COCc1cc(C[C@@H]2CSC[C@H](NC(=O)OC(C)(C)C)[C@@H]2O)cc(F)c1[N+](=O)[O-]. The second kappa shape index (κ2) is 9.73. The van der Waals surface area contributed by atoms with E-state index >= 15 is 0 Å². The molecule has 1 saturated heterocycles. The van der Waals surface area contributed by atoms with Gasteiger partial charge in [-0.1, -0.05) is 0 Å². The molecule has 162 valence electrons. The Morgan fingerprint density at radius 3 is 2.69 bits per heavy atom. The first-order chi connectivity index (χ1) is 13.5. The van der Waals surface area contributed by atoms with Crippen LogP contribution in [0.2, 0.25) is 0 Å². The molecule has 8 nitrogen and oxygen atoms in total. The van der Waals surface area contributed by atoms with E-state index in [-0.39, 0.29) is 18.1 Å². The zero-order valence-electron chi connectivity index (χ0n) is 16.9. The first-order valence-electron chi connectivity index (χ1n) is 9.21. The van der Waals surface area contributed by atoms with Crippen LogP contribution in [0.5, 0.6) is 0 Å². The lowest BCUT2D eigenvalue weighted by Crippen LogP contribution is -2.52. The van der Waals surface area contributed by atoms with Crippen molar-refractivity contribution in [3.8, 4) is 0 Å². The standard InChI is InChI=1S/C19H27FN2O6S/c1-19(2,3)28-18(24)21-15-10-29-9-13(17(15)23)6-11-5-12(8-27-4)16(22(25)26)14(20)7-11/h5,7,13,15,17,23H,6,8-10H2,1-4H3,(H,21,24)/t13-,15+,17-/m1/s1. The highest BCUT2D eigenvalue weighted by atomic mass is 32.2. The fraction of sp³-hybridized carbons (Fsp3) is 0.632. The highest BCUT2D eigenvalue weighted by Gasteiger charge is 2.35. The number of ether oxygens (including phenoxy) is 2. The summed E-state index contributed by atoms with van der Waals surface area (Å²) >= 11 is 1.56. The molecule has 1 aliphatic rings. The van der Waals surface area contributed by atoms with Crippen LogP contribution >= 0.6 is 11.8 Å². The van der Waals surface area contributed by atoms with Crippen molar-refractivity contribution in [2.24, 2.45) is 5.92 Å². The van der Waals surface area contributed by atoms with Crippen molar-refractivity contribution in [2.75, 3.05) is 18.6 Å². The number of benzene rings is 1. The van der Waals surface area contributed by atoms with Crippen LogP contribution in [-0.4, -0.2) is 52.5 Å². The zero-order chi connectivity index (χ0) is 21.8. The lowest BCUT2D eigenvalue weighted by atomic mass is 9.90. The molecule has 0 aliphatic carbocycles. The van der Waals surface area contributed by atoms with Gasteiger partial charge in [-0.2, -0.15) is 16.2 Å². The van der Waals surface area contributed by atoms with Crippen LogP contribution in [0.25, 0.3) is 0 Å². The number of aliphatic hydroxyl groups excluding tert-OH is 1. The molecule has 0 aromatic heterocycles. The largest absolute Gasteiger partial charge is 0.444 e. The highest BCUT2D eigenvalue weighted by molar-refractivity contribution is 7.99. The summed E-state index contributed by atoms with van der Waals surface area (Å²) < 4.78 is 24.5. The van der Waals surface area contributed by atoms with Gasteiger partial charge in [-0.25, -0.2) is 4.79 Å². The van der Waals surface area contributed by atoms with E-state index in [0.717, 1.165) is 6.07 Å². The minimum Gasteiger partial charge on any atom is -0.444 e. The van der Waals surface area contributed by atoms with Crippen LogP contribution in [0, 0.1) is 21.8 Å². The second-order valence-corrected chi connectivity index (χ2v) is 9.10. The van der Waals surface area contributed by atoms with Gasteiger partial charge in [0.25, 0.3) is 0 Å². The minimum absolute atomic E-state index is 0.0914. The maximum Gasteiger partial charge on any atom is 0.407 e. The summed E-state index contributed by atoms with van der Waals surface area (Å²) in [5.41, 5.74) is -0.570. The molecule has 1 aromatic rings. The van der Waals surface area contributed by atoms with Crippen LogP contribution < -0.4 is 5.32 Å². The lowest BCUT2D eigenvalue weighted by Gasteiger charge is -2.35. The molecule has 1 amide bonds. The number of nitro groups is 1. The minimum atomic E-state index is -0.930. The molecule has 1 aromatic carbocycles. The van der Waals surface area contributed by atoms with Gasteiger partial charge in [0.2, 0.25) is 5.82 Å². The summed E-state index contributed by atoms with van der Waals surface area (Å²) in [6.45, 7) is 5.17. The number of hydrogen-bond donors (Lipinski definition) is 2. The predicted molar refractivity (Wildman–Crippen MR) is 107 cm³/mol. The number of aliphatic hydroxyl groups is 1. The van der Waals surface area contributed by atoms with Crippen molar-refractivity contribution >= 4 is 23.5 Å². The first-order valence-corrected chi connectivity index (χ1v) is 10.4. The Morgan fingerprint density at radius 2 is 2.10 bits per heavy atom. The molecule has 0 bridgehead atoms. The van der Waals surface area contributed by atoms with E-state index in [1.54, 1.807) is 32.5 Å². The maximum atomic E-state index is 14.3. The van der Waals surface area contributed by atoms with E-state index in [0.29, 0.717) is 23.5 Å². The van der Waals surface area contributed by atoms with Gasteiger partial charge in [-0.05, 0) is 56.6 Å². The monoisotopic (exact) mass is 430 g/mol. The van der Waals surface area contributed by atoms with Gasteiger partial charge in [0.15, 0.2) is 0 Å². The molecule has 1 fully saturated rings. The summed E-state index contributed by atoms with van der Waals surface area (Å²) in [5.74, 6) is -0.0438. The van der Waals surface area contributed by atoms with E-state index < -0.39 is 40.3 Å². The zero-order valence-corrected chi connectivity index (χ0v) is 17.8. The van der Waals surface area contributed by atoms with Gasteiger partial charge >= 0.3 is 11.8 Å². The average molecular weight is 430 g/mol. The number of hydrogen-bond acceptors (Lipinski definition) is 7. The smallest absolute Gasteiger partial charge is 0.407 e. The number of alkyl carbamates (subject to hydrolysis) is 1. The molecule has 2 rings (SSSR count). The van der Waals surface area contributed by atoms with Crippen LogP contribution in [0.1, 0.15) is 31.9 Å². The summed E-state index contributed by atoms with van der Waals surface area (Å²) in [4.78, 5) is 22.4. The normalized spacial score (nSPS) is 22.2. The molecule has 2 N–H and O–H groups in total. The van der Waals surface area contributed by atoms with E-state index in [1.165, 1.54) is 13.2 Å². The summed E-state index contributed by atoms with van der Waals surface area (Å²) in [7, 11) is 1.38. The van der Waals surface area contributed by atoms with Gasteiger partial charge in [0, 0.05) is 12.9 Å². The van der Waals surface area contributed by atoms with Crippen LogP contribution in [0.15, 0.2) is 12.1 Å². The second-order valence-electron chi connectivity index (χ2n) is 8.02. The van der Waals surface area contributed by atoms with Crippen molar-refractivity contribution in [3.63, 3.8) is 0 Å². The summed E-state index contributed by atoms with van der Waals surface area (Å²) in [5, 5.41) is 24.5. The molecular weight excluding hydrogens is 403 g/mol. The Morgan fingerprint density at radius 1 is 1.41 bits per heavy atom. The third-order valence-electron chi connectivity index (χ3n) is 4.41. The molecule has 10 heteroatoms. The number of amides is 1. The molecule has 0 radical (unpaired) electrons. The molecule has 0 unspecified atom stereocenters. The Hall–Kier alpha value is -1.91. The van der Waals surface area contributed by atoms with E-state index in [4.69, 9.17) is 9.47 Å². The van der Waals surface area contributed by atoms with Crippen LogP contribution in [0.4, 0.5) is 14.9 Å². The molecular formula is C19H27FN2O6S. The summed E-state index contributed by atoms with van der Waals surface area (Å²) in [6.07, 6.45) is -1.15. The lowest BCUT2D eigenvalue weighted by molar-refractivity contribution is -0.388. The Bertz CT molecular complexity index is 755. The number of carbonyl (C=O) groups is 1. The number of thioether (sulfide) groups is 1. The van der Waals surface area contributed by atoms with Crippen LogP contribution in [-0.2, 0) is 22.5 Å². The average Bonchev–Trinajstić information content (AvgIpc) is 2.56. The summed E-state index contributed by atoms with van der Waals surface area (Å²) in [6, 6.07) is 2.15. The van der Waals surface area contributed by atoms with Crippen molar-refractivity contribution in [2.45, 2.75) is 51.5 Å². The van der Waals surface area contributed by atoms with Crippen molar-refractivity contribution in [1.82, 2.24) is 5.32 Å². The molecule has 3 atom stereocenters. The van der Waals surface area contributed by atoms with Gasteiger partial charge in [-0.15, -0.1) is 0 Å². The van der Waals surface area contributed by atoms with E-state index in [2.05, 4.69) is 5.32 Å². The number of methoxy groups -OCH3 is 1. The molecule has 0 saturated carbocycles. The number of nitrogens with zero attached hydrogens (tertiary/aromatic N) is 1. The van der Waals surface area contributed by atoms with Crippen molar-refractivity contribution < 1.29 is 28.7 Å². The van der Waals surface area contributed by atoms with E-state index in [1.807, 2.05) is 0 Å². The number of rotatable bonds is 6. The van der Waals surface area contributed by atoms with Crippen LogP contribution in [0.3, 0.4) is 0 Å². The van der Waals surface area contributed by atoms with Gasteiger partial charge < -0.3 is 19.9 Å². The number of halogens is 1. The number of nitro benzene ring substituents is 1. The molecule has 1 aliphatic heterocycles. The number of carbonyl (C=O) groups excluding carboxylic acids is 1. The molecule has 1 heterocycles. The topological polar surface area (TPSA) is 111 Å². The van der Waals surface area contributed by atoms with E-state index in [9.17, 15) is 24.4 Å². The Labute approximate surface area is 173 Å².